The number of carbonyl (C=O) groups excluding carboxylic acids is 1. The van der Waals surface area contributed by atoms with Crippen LogP contribution in [0.5, 0.6) is 0 Å². The predicted octanol–water partition coefficient (Wildman–Crippen LogP) is 2.43. The second-order valence-corrected chi connectivity index (χ2v) is 4.47. The van der Waals surface area contributed by atoms with Gasteiger partial charge in [-0.05, 0) is 24.1 Å². The predicted molar refractivity (Wildman–Crippen MR) is 79.4 cm³/mol. The van der Waals surface area contributed by atoms with Gasteiger partial charge in [-0.1, -0.05) is 19.1 Å². The summed E-state index contributed by atoms with van der Waals surface area (Å²) >= 11 is 0. The first-order valence-corrected chi connectivity index (χ1v) is 7.18. The monoisotopic (exact) mass is 296 g/mol. The molecule has 21 heavy (non-hydrogen) atoms. The molecule has 0 aromatic heterocycles. The molecule has 5 heteroatoms. The highest BCUT2D eigenvalue weighted by Gasteiger charge is 2.04. The molecule has 0 amide bonds. The lowest BCUT2D eigenvalue weighted by molar-refractivity contribution is 0.0107. The molecule has 0 bridgehead atoms. The number of methoxy groups -OCH3 is 1. The van der Waals surface area contributed by atoms with Crippen molar-refractivity contribution in [3.63, 3.8) is 0 Å². The molecule has 0 aliphatic heterocycles. The van der Waals surface area contributed by atoms with Gasteiger partial charge in [0.05, 0.1) is 45.7 Å². The number of carbonyl (C=O) groups is 1. The number of esters is 1. The zero-order valence-corrected chi connectivity index (χ0v) is 12.8. The van der Waals surface area contributed by atoms with Crippen LogP contribution in [0.3, 0.4) is 0 Å². The van der Waals surface area contributed by atoms with Crippen molar-refractivity contribution in [2.24, 2.45) is 0 Å². The van der Waals surface area contributed by atoms with Gasteiger partial charge in [0.25, 0.3) is 0 Å². The van der Waals surface area contributed by atoms with Gasteiger partial charge in [0.2, 0.25) is 0 Å². The van der Waals surface area contributed by atoms with Crippen LogP contribution in [-0.2, 0) is 25.6 Å². The minimum Gasteiger partial charge on any atom is -0.465 e. The third-order valence-electron chi connectivity index (χ3n) is 2.74. The van der Waals surface area contributed by atoms with E-state index in [0.29, 0.717) is 38.6 Å². The van der Waals surface area contributed by atoms with Gasteiger partial charge in [0.15, 0.2) is 0 Å². The van der Waals surface area contributed by atoms with Gasteiger partial charge in [0.1, 0.15) is 0 Å². The maximum absolute atomic E-state index is 11.3. The molecule has 0 fully saturated rings. The van der Waals surface area contributed by atoms with Crippen molar-refractivity contribution in [2.45, 2.75) is 20.0 Å². The molecule has 0 unspecified atom stereocenters. The molecular weight excluding hydrogens is 272 g/mol. The van der Waals surface area contributed by atoms with Gasteiger partial charge in [-0.25, -0.2) is 4.79 Å². The SMILES string of the molecule is CCCOCCOCCOCc1ccc(C(=O)OC)cc1. The van der Waals surface area contributed by atoms with Crippen molar-refractivity contribution in [1.82, 2.24) is 0 Å². The Morgan fingerprint density at radius 2 is 1.48 bits per heavy atom. The largest absolute Gasteiger partial charge is 0.465 e. The molecule has 0 spiro atoms. The summed E-state index contributed by atoms with van der Waals surface area (Å²) in [6.07, 6.45) is 1.03. The lowest BCUT2D eigenvalue weighted by atomic mass is 10.1. The molecule has 0 heterocycles. The quantitative estimate of drug-likeness (QED) is 0.464. The molecule has 0 atom stereocenters. The van der Waals surface area contributed by atoms with Crippen LogP contribution < -0.4 is 0 Å². The van der Waals surface area contributed by atoms with Crippen molar-refractivity contribution >= 4 is 5.97 Å². The number of hydrogen-bond acceptors (Lipinski definition) is 5. The summed E-state index contributed by atoms with van der Waals surface area (Å²) in [5.74, 6) is -0.332. The van der Waals surface area contributed by atoms with Crippen molar-refractivity contribution in [3.05, 3.63) is 35.4 Å². The first-order valence-electron chi connectivity index (χ1n) is 7.18. The average Bonchev–Trinajstić information content (AvgIpc) is 2.53. The first kappa shape index (κ1) is 17.6. The smallest absolute Gasteiger partial charge is 0.337 e. The van der Waals surface area contributed by atoms with Gasteiger partial charge in [-0.3, -0.25) is 0 Å². The Bertz CT molecular complexity index is 388. The standard InChI is InChI=1S/C16H24O5/c1-3-8-19-9-10-20-11-12-21-13-14-4-6-15(7-5-14)16(17)18-2/h4-7H,3,8-13H2,1-2H3. The third kappa shape index (κ3) is 7.80. The van der Waals surface area contributed by atoms with Gasteiger partial charge >= 0.3 is 5.97 Å². The highest BCUT2D eigenvalue weighted by atomic mass is 16.5. The highest BCUT2D eigenvalue weighted by Crippen LogP contribution is 2.06. The summed E-state index contributed by atoms with van der Waals surface area (Å²) < 4.78 is 20.8. The van der Waals surface area contributed by atoms with Crippen LogP contribution in [0.15, 0.2) is 24.3 Å². The summed E-state index contributed by atoms with van der Waals surface area (Å²) in [5.41, 5.74) is 1.55. The Labute approximate surface area is 126 Å². The second kappa shape index (κ2) is 11.3. The molecule has 118 valence electrons. The molecule has 1 rings (SSSR count). The zero-order chi connectivity index (χ0) is 15.3. The topological polar surface area (TPSA) is 54.0 Å². The Morgan fingerprint density at radius 1 is 0.905 bits per heavy atom. The minimum atomic E-state index is -0.332. The van der Waals surface area contributed by atoms with Crippen LogP contribution in [0.4, 0.5) is 0 Å². The molecule has 0 N–H and O–H groups in total. The average molecular weight is 296 g/mol. The fraction of sp³-hybridized carbons (Fsp3) is 0.562. The van der Waals surface area contributed by atoms with Crippen LogP contribution in [0.25, 0.3) is 0 Å². The van der Waals surface area contributed by atoms with E-state index >= 15 is 0 Å². The highest BCUT2D eigenvalue weighted by molar-refractivity contribution is 5.89. The van der Waals surface area contributed by atoms with Crippen LogP contribution in [-0.4, -0.2) is 46.1 Å². The summed E-state index contributed by atoms with van der Waals surface area (Å²) in [7, 11) is 1.37. The number of benzene rings is 1. The molecule has 0 aliphatic carbocycles. The van der Waals surface area contributed by atoms with E-state index in [2.05, 4.69) is 11.7 Å². The van der Waals surface area contributed by atoms with E-state index in [4.69, 9.17) is 14.2 Å². The van der Waals surface area contributed by atoms with Crippen molar-refractivity contribution in [1.29, 1.82) is 0 Å². The Kier molecular flexibility index (Phi) is 9.44. The van der Waals surface area contributed by atoms with Gasteiger partial charge in [0, 0.05) is 6.61 Å². The van der Waals surface area contributed by atoms with E-state index in [-0.39, 0.29) is 5.97 Å². The van der Waals surface area contributed by atoms with E-state index in [1.54, 1.807) is 12.1 Å². The van der Waals surface area contributed by atoms with Crippen molar-refractivity contribution in [3.8, 4) is 0 Å². The number of hydrogen-bond donors (Lipinski definition) is 0. The Morgan fingerprint density at radius 3 is 2.05 bits per heavy atom. The fourth-order valence-corrected chi connectivity index (χ4v) is 1.63. The Balaban J connectivity index is 2.06. The van der Waals surface area contributed by atoms with Crippen molar-refractivity contribution in [2.75, 3.05) is 40.1 Å². The third-order valence-corrected chi connectivity index (χ3v) is 2.74. The molecule has 0 aliphatic rings. The molecule has 0 radical (unpaired) electrons. The summed E-state index contributed by atoms with van der Waals surface area (Å²) in [4.78, 5) is 11.3. The minimum absolute atomic E-state index is 0.332. The summed E-state index contributed by atoms with van der Waals surface area (Å²) in [5, 5.41) is 0. The fourth-order valence-electron chi connectivity index (χ4n) is 1.63. The van der Waals surface area contributed by atoms with Crippen LogP contribution >= 0.6 is 0 Å². The molecule has 0 saturated heterocycles. The van der Waals surface area contributed by atoms with E-state index in [0.717, 1.165) is 18.6 Å². The van der Waals surface area contributed by atoms with Gasteiger partial charge in [-0.2, -0.15) is 0 Å². The molecule has 1 aromatic carbocycles. The van der Waals surface area contributed by atoms with Crippen LogP contribution in [0.2, 0.25) is 0 Å². The maximum Gasteiger partial charge on any atom is 0.337 e. The van der Waals surface area contributed by atoms with E-state index < -0.39 is 0 Å². The zero-order valence-electron chi connectivity index (χ0n) is 12.8. The normalized spacial score (nSPS) is 10.6. The van der Waals surface area contributed by atoms with Crippen LogP contribution in [0, 0.1) is 0 Å². The van der Waals surface area contributed by atoms with E-state index in [1.165, 1.54) is 7.11 Å². The first-order chi connectivity index (χ1) is 10.3. The molecule has 5 nitrogen and oxygen atoms in total. The molecule has 1 aromatic rings. The lowest BCUT2D eigenvalue weighted by Crippen LogP contribution is -2.09. The maximum atomic E-state index is 11.3. The Hall–Kier alpha value is -1.43. The molecular formula is C16H24O5. The second-order valence-electron chi connectivity index (χ2n) is 4.47. The molecule has 0 saturated carbocycles. The lowest BCUT2D eigenvalue weighted by Gasteiger charge is -2.07. The van der Waals surface area contributed by atoms with Gasteiger partial charge < -0.3 is 18.9 Å². The van der Waals surface area contributed by atoms with E-state index in [9.17, 15) is 4.79 Å². The van der Waals surface area contributed by atoms with E-state index in [1.807, 2.05) is 12.1 Å². The summed E-state index contributed by atoms with van der Waals surface area (Å²) in [6, 6.07) is 7.16. The number of ether oxygens (including phenoxy) is 4. The number of rotatable bonds is 11. The van der Waals surface area contributed by atoms with Crippen LogP contribution in [0.1, 0.15) is 29.3 Å². The van der Waals surface area contributed by atoms with Gasteiger partial charge in [-0.15, -0.1) is 0 Å². The van der Waals surface area contributed by atoms with Crippen molar-refractivity contribution < 1.29 is 23.7 Å². The summed E-state index contributed by atoms with van der Waals surface area (Å²) in [6.45, 7) is 5.66.